The van der Waals surface area contributed by atoms with Gasteiger partial charge in [0.1, 0.15) is 6.10 Å². The van der Waals surface area contributed by atoms with Crippen LogP contribution in [0, 0.1) is 0 Å². The first-order valence-corrected chi connectivity index (χ1v) is 8.09. The number of hydrogen-bond donors (Lipinski definition) is 2. The molecule has 3 aliphatic rings. The molecule has 1 aromatic rings. The van der Waals surface area contributed by atoms with Crippen LogP contribution in [-0.2, 0) is 17.6 Å². The molecule has 3 heterocycles. The van der Waals surface area contributed by atoms with Gasteiger partial charge in [0.15, 0.2) is 6.10 Å². The summed E-state index contributed by atoms with van der Waals surface area (Å²) in [5, 5.41) is 13.2. The second-order valence-corrected chi connectivity index (χ2v) is 6.11. The highest BCUT2D eigenvalue weighted by molar-refractivity contribution is 5.43. The van der Waals surface area contributed by atoms with Crippen LogP contribution in [-0.4, -0.2) is 66.7 Å². The number of nitrogens with one attached hydrogen (secondary N) is 1. The molecule has 1 aliphatic carbocycles. The van der Waals surface area contributed by atoms with Crippen LogP contribution < -0.4 is 15.0 Å². The summed E-state index contributed by atoms with van der Waals surface area (Å²) in [7, 11) is 0. The summed E-state index contributed by atoms with van der Waals surface area (Å²) in [4.78, 5) is 11.6. The topological polar surface area (TPSA) is 79.7 Å². The first kappa shape index (κ1) is 14.2. The molecule has 120 valence electrons. The van der Waals surface area contributed by atoms with Gasteiger partial charge in [0.25, 0.3) is 0 Å². The monoisotopic (exact) mass is 306 g/mol. The van der Waals surface area contributed by atoms with E-state index in [9.17, 15) is 5.11 Å². The molecule has 7 heteroatoms. The lowest BCUT2D eigenvalue weighted by Gasteiger charge is -2.28. The number of nitrogens with zero attached hydrogens (tertiary/aromatic N) is 3. The van der Waals surface area contributed by atoms with E-state index in [0.717, 1.165) is 62.6 Å². The first-order valence-electron chi connectivity index (χ1n) is 8.09. The molecule has 2 fully saturated rings. The number of aryl methyl sites for hydroxylation is 1. The average Bonchev–Trinajstić information content (AvgIpc) is 3.17. The van der Waals surface area contributed by atoms with Crippen molar-refractivity contribution in [3.05, 3.63) is 11.3 Å². The number of piperazine rings is 1. The standard InChI is InChI=1S/C15H22N4O3/c20-12-8-21-9-13(12)22-14-10-2-1-3-11(10)17-15(18-14)19-6-4-16-5-7-19/h12-13,16,20H,1-9H2/t12-,13-/m0/s1. The molecular formula is C15H22N4O3. The molecule has 0 amide bonds. The third-order valence-corrected chi connectivity index (χ3v) is 4.55. The Morgan fingerprint density at radius 2 is 2.05 bits per heavy atom. The minimum Gasteiger partial charge on any atom is -0.469 e. The molecule has 4 rings (SSSR count). The van der Waals surface area contributed by atoms with Gasteiger partial charge in [0.2, 0.25) is 11.8 Å². The van der Waals surface area contributed by atoms with Crippen LogP contribution in [0.4, 0.5) is 5.95 Å². The maximum atomic E-state index is 9.90. The molecule has 0 radical (unpaired) electrons. The van der Waals surface area contributed by atoms with Gasteiger partial charge in [-0.2, -0.15) is 4.98 Å². The SMILES string of the molecule is O[C@H]1COC[C@@H]1Oc1nc(N2CCNCC2)nc2c1CCC2. The number of fused-ring (bicyclic) bond motifs is 1. The number of anilines is 1. The van der Waals surface area contributed by atoms with E-state index in [1.165, 1.54) is 0 Å². The molecule has 0 saturated carbocycles. The van der Waals surface area contributed by atoms with Gasteiger partial charge in [0, 0.05) is 31.7 Å². The minimum absolute atomic E-state index is 0.324. The first-order chi connectivity index (χ1) is 10.8. The second kappa shape index (κ2) is 5.98. The maximum absolute atomic E-state index is 9.90. The Kier molecular flexibility index (Phi) is 3.85. The van der Waals surface area contributed by atoms with Crippen LogP contribution in [0.1, 0.15) is 17.7 Å². The Hall–Kier alpha value is -1.44. The number of rotatable bonds is 3. The zero-order chi connectivity index (χ0) is 14.9. The maximum Gasteiger partial charge on any atom is 0.228 e. The molecule has 0 bridgehead atoms. The lowest BCUT2D eigenvalue weighted by Crippen LogP contribution is -2.44. The van der Waals surface area contributed by atoms with E-state index in [1.54, 1.807) is 0 Å². The summed E-state index contributed by atoms with van der Waals surface area (Å²) < 4.78 is 11.3. The molecule has 0 spiro atoms. The molecule has 0 aromatic carbocycles. The van der Waals surface area contributed by atoms with Gasteiger partial charge in [-0.05, 0) is 19.3 Å². The van der Waals surface area contributed by atoms with E-state index in [0.29, 0.717) is 19.1 Å². The van der Waals surface area contributed by atoms with Crippen molar-refractivity contribution in [2.75, 3.05) is 44.3 Å². The van der Waals surface area contributed by atoms with Gasteiger partial charge in [-0.1, -0.05) is 0 Å². The van der Waals surface area contributed by atoms with Gasteiger partial charge >= 0.3 is 0 Å². The van der Waals surface area contributed by atoms with E-state index in [1.807, 2.05) is 0 Å². The van der Waals surface area contributed by atoms with E-state index in [4.69, 9.17) is 14.5 Å². The van der Waals surface area contributed by atoms with Crippen LogP contribution in [0.15, 0.2) is 0 Å². The van der Waals surface area contributed by atoms with Gasteiger partial charge in [-0.25, -0.2) is 4.98 Å². The summed E-state index contributed by atoms with van der Waals surface area (Å²) >= 11 is 0. The van der Waals surface area contributed by atoms with E-state index < -0.39 is 6.10 Å². The Bertz CT molecular complexity index is 548. The predicted octanol–water partition coefficient (Wildman–Crippen LogP) is -0.487. The fourth-order valence-corrected chi connectivity index (χ4v) is 3.27. The molecule has 2 N–H and O–H groups in total. The lowest BCUT2D eigenvalue weighted by molar-refractivity contribution is 0.0697. The van der Waals surface area contributed by atoms with Crippen LogP contribution >= 0.6 is 0 Å². The number of aromatic nitrogens is 2. The molecule has 1 aromatic heterocycles. The van der Waals surface area contributed by atoms with Gasteiger partial charge in [-0.3, -0.25) is 0 Å². The van der Waals surface area contributed by atoms with Crippen molar-refractivity contribution in [2.24, 2.45) is 0 Å². The minimum atomic E-state index is -0.574. The Balaban J connectivity index is 1.62. The quantitative estimate of drug-likeness (QED) is 0.780. The van der Waals surface area contributed by atoms with Crippen molar-refractivity contribution in [1.82, 2.24) is 15.3 Å². The summed E-state index contributed by atoms with van der Waals surface area (Å²) in [6, 6.07) is 0. The number of ether oxygens (including phenoxy) is 2. The van der Waals surface area contributed by atoms with Gasteiger partial charge in [-0.15, -0.1) is 0 Å². The fourth-order valence-electron chi connectivity index (χ4n) is 3.27. The molecular weight excluding hydrogens is 284 g/mol. The summed E-state index contributed by atoms with van der Waals surface area (Å²) in [5.74, 6) is 1.40. The van der Waals surface area contributed by atoms with Crippen molar-refractivity contribution in [3.63, 3.8) is 0 Å². The normalized spacial score (nSPS) is 28.0. The molecule has 22 heavy (non-hydrogen) atoms. The van der Waals surface area contributed by atoms with Gasteiger partial charge in [0.05, 0.1) is 18.9 Å². The summed E-state index contributed by atoms with van der Waals surface area (Å²) in [5.41, 5.74) is 2.21. The van der Waals surface area contributed by atoms with Crippen molar-refractivity contribution < 1.29 is 14.6 Å². The zero-order valence-electron chi connectivity index (χ0n) is 12.6. The van der Waals surface area contributed by atoms with Crippen molar-refractivity contribution in [2.45, 2.75) is 31.5 Å². The summed E-state index contributed by atoms with van der Waals surface area (Å²) in [6.45, 7) is 4.48. The highest BCUT2D eigenvalue weighted by Gasteiger charge is 2.31. The number of hydrogen-bond acceptors (Lipinski definition) is 7. The molecule has 7 nitrogen and oxygen atoms in total. The Morgan fingerprint density at radius 3 is 2.82 bits per heavy atom. The smallest absolute Gasteiger partial charge is 0.228 e. The highest BCUT2D eigenvalue weighted by Crippen LogP contribution is 2.31. The molecule has 2 saturated heterocycles. The average molecular weight is 306 g/mol. The zero-order valence-corrected chi connectivity index (χ0v) is 12.6. The largest absolute Gasteiger partial charge is 0.469 e. The van der Waals surface area contributed by atoms with Crippen molar-refractivity contribution in [1.29, 1.82) is 0 Å². The van der Waals surface area contributed by atoms with E-state index in [-0.39, 0.29) is 6.10 Å². The van der Waals surface area contributed by atoms with Crippen LogP contribution in [0.2, 0.25) is 0 Å². The fraction of sp³-hybridized carbons (Fsp3) is 0.733. The molecule has 0 unspecified atom stereocenters. The van der Waals surface area contributed by atoms with Crippen molar-refractivity contribution in [3.8, 4) is 5.88 Å². The van der Waals surface area contributed by atoms with Gasteiger partial charge < -0.3 is 24.8 Å². The third kappa shape index (κ3) is 2.64. The Labute approximate surface area is 129 Å². The third-order valence-electron chi connectivity index (χ3n) is 4.55. The Morgan fingerprint density at radius 1 is 1.18 bits per heavy atom. The predicted molar refractivity (Wildman–Crippen MR) is 80.4 cm³/mol. The van der Waals surface area contributed by atoms with E-state index >= 15 is 0 Å². The van der Waals surface area contributed by atoms with Crippen LogP contribution in [0.3, 0.4) is 0 Å². The number of aliphatic hydroxyl groups is 1. The summed E-state index contributed by atoms with van der Waals surface area (Å²) in [6.07, 6.45) is 2.13. The van der Waals surface area contributed by atoms with Crippen LogP contribution in [0.25, 0.3) is 0 Å². The molecule has 2 aliphatic heterocycles. The molecule has 2 atom stereocenters. The van der Waals surface area contributed by atoms with Crippen molar-refractivity contribution >= 4 is 5.95 Å². The lowest BCUT2D eigenvalue weighted by atomic mass is 10.2. The van der Waals surface area contributed by atoms with Crippen LogP contribution in [0.5, 0.6) is 5.88 Å². The second-order valence-electron chi connectivity index (χ2n) is 6.11. The highest BCUT2D eigenvalue weighted by atomic mass is 16.6. The van der Waals surface area contributed by atoms with E-state index in [2.05, 4.69) is 15.2 Å². The number of aliphatic hydroxyl groups excluding tert-OH is 1.